The quantitative estimate of drug-likeness (QED) is 0.0966. The molecule has 0 bridgehead atoms. The van der Waals surface area contributed by atoms with E-state index in [2.05, 4.69) is 9.46 Å². The minimum Gasteiger partial charge on any atom is -0.496 e. The van der Waals surface area contributed by atoms with Gasteiger partial charge in [0.2, 0.25) is 10.0 Å². The van der Waals surface area contributed by atoms with E-state index in [1.165, 1.54) is 56.0 Å². The Labute approximate surface area is 269 Å². The molecule has 0 aliphatic carbocycles. The van der Waals surface area contributed by atoms with E-state index in [-0.39, 0.29) is 39.9 Å². The zero-order chi connectivity index (χ0) is 33.5. The Hall–Kier alpha value is -3.84. The van der Waals surface area contributed by atoms with Crippen LogP contribution in [0.2, 0.25) is 5.02 Å². The molecule has 0 N–H and O–H groups in total. The zero-order valence-electron chi connectivity index (χ0n) is 24.8. The second-order valence-electron chi connectivity index (χ2n) is 9.86. The van der Waals surface area contributed by atoms with Gasteiger partial charge in [-0.05, 0) is 67.2 Å². The van der Waals surface area contributed by atoms with Crippen LogP contribution in [0, 0.1) is 0 Å². The second kappa shape index (κ2) is 15.2. The summed E-state index contributed by atoms with van der Waals surface area (Å²) in [6.45, 7) is -0.239. The van der Waals surface area contributed by atoms with Crippen LogP contribution < -0.4 is 9.47 Å². The number of carbonyl (C=O) groups is 1. The zero-order valence-corrected chi connectivity index (χ0v) is 27.3. The Morgan fingerprint density at radius 1 is 0.804 bits per heavy atom. The summed E-state index contributed by atoms with van der Waals surface area (Å²) in [5.41, 5.74) is 2.84. The van der Waals surface area contributed by atoms with E-state index in [1.54, 1.807) is 54.6 Å². The minimum absolute atomic E-state index is 0.0309. The number of para-hydroxylation sites is 1. The topological polar surface area (TPSA) is 118 Å². The van der Waals surface area contributed by atoms with Crippen molar-refractivity contribution in [2.45, 2.75) is 24.1 Å². The number of esters is 1. The average molecular weight is 696 g/mol. The van der Waals surface area contributed by atoms with Gasteiger partial charge in [-0.3, -0.25) is 4.57 Å². The summed E-state index contributed by atoms with van der Waals surface area (Å²) < 4.78 is 88.2. The summed E-state index contributed by atoms with van der Waals surface area (Å²) in [5.74, 6) is -0.0513. The number of hydrogen-bond donors (Lipinski definition) is 0. The van der Waals surface area contributed by atoms with Crippen molar-refractivity contribution >= 4 is 35.2 Å². The molecule has 15 heteroatoms. The second-order valence-corrected chi connectivity index (χ2v) is 14.0. The molecule has 0 amide bonds. The molecule has 0 fully saturated rings. The molecule has 244 valence electrons. The Balaban J connectivity index is 1.68. The van der Waals surface area contributed by atoms with Gasteiger partial charge in [0, 0.05) is 18.1 Å². The molecule has 0 aliphatic rings. The number of methoxy groups -OCH3 is 3. The number of nitrogens with zero attached hydrogens (tertiary/aromatic N) is 1. The van der Waals surface area contributed by atoms with Crippen LogP contribution in [0.15, 0.2) is 89.8 Å². The molecule has 0 radical (unpaired) electrons. The van der Waals surface area contributed by atoms with E-state index in [4.69, 9.17) is 25.8 Å². The van der Waals surface area contributed by atoms with Gasteiger partial charge < -0.3 is 14.2 Å². The maximum Gasteiger partial charge on any atom is 0.399 e. The fourth-order valence-electron chi connectivity index (χ4n) is 4.65. The monoisotopic (exact) mass is 695 g/mol. The van der Waals surface area contributed by atoms with E-state index in [0.717, 1.165) is 5.56 Å². The molecule has 4 rings (SSSR count). The Bertz CT molecular complexity index is 1850. The summed E-state index contributed by atoms with van der Waals surface area (Å²) in [6.07, 6.45) is -0.788. The molecule has 4 aromatic rings. The normalized spacial score (nSPS) is 11.8. The molecule has 0 saturated carbocycles. The highest BCUT2D eigenvalue weighted by atomic mass is 35.5. The maximum atomic E-state index is 14.0. The van der Waals surface area contributed by atoms with Gasteiger partial charge in [0.25, 0.3) is 0 Å². The first kappa shape index (κ1) is 35.0. The predicted molar refractivity (Wildman–Crippen MR) is 166 cm³/mol. The van der Waals surface area contributed by atoms with Crippen LogP contribution >= 0.6 is 19.2 Å². The molecule has 0 unspecified atom stereocenters. The molecule has 0 spiro atoms. The number of sulfonamides is 1. The number of ether oxygens (including phenoxy) is 3. The van der Waals surface area contributed by atoms with Crippen molar-refractivity contribution in [1.82, 2.24) is 4.31 Å². The lowest BCUT2D eigenvalue weighted by molar-refractivity contribution is -0.0881. The third-order valence-corrected chi connectivity index (χ3v) is 10.3. The van der Waals surface area contributed by atoms with E-state index >= 15 is 0 Å². The van der Waals surface area contributed by atoms with Gasteiger partial charge in [0.15, 0.2) is 0 Å². The van der Waals surface area contributed by atoms with Gasteiger partial charge in [-0.25, -0.2) is 13.2 Å². The van der Waals surface area contributed by atoms with Crippen molar-refractivity contribution in [2.24, 2.45) is 0 Å². The van der Waals surface area contributed by atoms with E-state index in [9.17, 15) is 26.8 Å². The third-order valence-electron chi connectivity index (χ3n) is 6.99. The van der Waals surface area contributed by atoms with Gasteiger partial charge in [-0.2, -0.15) is 4.31 Å². The van der Waals surface area contributed by atoms with Gasteiger partial charge in [0.1, 0.15) is 22.0 Å². The molecule has 4 aromatic carbocycles. The molecule has 0 heterocycles. The van der Waals surface area contributed by atoms with Crippen molar-refractivity contribution in [2.75, 3.05) is 21.3 Å². The number of carbonyl (C=O) groups excluding carboxylic acids is 1. The number of benzene rings is 4. The van der Waals surface area contributed by atoms with E-state index in [1.807, 2.05) is 0 Å². The van der Waals surface area contributed by atoms with Crippen LogP contribution in [0.25, 0.3) is 11.1 Å². The van der Waals surface area contributed by atoms with Crippen molar-refractivity contribution < 1.29 is 50.5 Å². The smallest absolute Gasteiger partial charge is 0.399 e. The fourth-order valence-corrected chi connectivity index (χ4v) is 7.40. The van der Waals surface area contributed by atoms with Crippen molar-refractivity contribution in [3.8, 4) is 22.6 Å². The highest BCUT2D eigenvalue weighted by molar-refractivity contribution is 7.89. The van der Waals surface area contributed by atoms with Crippen molar-refractivity contribution in [3.63, 3.8) is 0 Å². The predicted octanol–water partition coefficient (Wildman–Crippen LogP) is 7.70. The summed E-state index contributed by atoms with van der Waals surface area (Å²) >= 11 is 6.30. The van der Waals surface area contributed by atoms with E-state index < -0.39 is 29.8 Å². The Morgan fingerprint density at radius 3 is 2.02 bits per heavy atom. The molecular formula is C31H29ClF2NO9PS. The Kier molecular flexibility index (Phi) is 11.5. The highest BCUT2D eigenvalue weighted by Crippen LogP contribution is 2.53. The summed E-state index contributed by atoms with van der Waals surface area (Å²) in [4.78, 5) is 12.2. The van der Waals surface area contributed by atoms with Gasteiger partial charge in [0.05, 0.1) is 27.5 Å². The first-order valence-electron chi connectivity index (χ1n) is 13.4. The van der Waals surface area contributed by atoms with Gasteiger partial charge >= 0.3 is 13.6 Å². The van der Waals surface area contributed by atoms with Crippen molar-refractivity contribution in [3.05, 3.63) is 112 Å². The van der Waals surface area contributed by atoms with Crippen molar-refractivity contribution in [1.29, 1.82) is 0 Å². The third kappa shape index (κ3) is 7.92. The molecule has 46 heavy (non-hydrogen) atoms. The van der Waals surface area contributed by atoms with Crippen LogP contribution in [0.3, 0.4) is 0 Å². The lowest BCUT2D eigenvalue weighted by Crippen LogP contribution is -2.30. The lowest BCUT2D eigenvalue weighted by Gasteiger charge is -2.24. The first-order valence-corrected chi connectivity index (χ1v) is 17.0. The maximum absolute atomic E-state index is 14.0. The minimum atomic E-state index is -4.70. The van der Waals surface area contributed by atoms with Crippen LogP contribution in [0.1, 0.15) is 27.0 Å². The summed E-state index contributed by atoms with van der Waals surface area (Å²) in [7, 11) is -4.79. The van der Waals surface area contributed by atoms with E-state index in [0.29, 0.717) is 22.4 Å². The van der Waals surface area contributed by atoms with Crippen LogP contribution in [-0.2, 0) is 48.0 Å². The Morgan fingerprint density at radius 2 is 1.41 bits per heavy atom. The molecule has 0 aromatic heterocycles. The van der Waals surface area contributed by atoms with Crippen LogP contribution in [0.4, 0.5) is 9.05 Å². The standard InChI is InChI=1S/C31H29ClF2NO9PS/c1-40-28-15-14-24(17-26(28)31(36)42-3)23-11-8-21(9-12-23)18-35(46(38,39)30-7-5-4-6-29(30)41-2)19-22-10-13-25(27(32)16-22)20-45(37,43-33)44-34/h4-17H,18-20H2,1-3H3. The summed E-state index contributed by atoms with van der Waals surface area (Å²) in [6, 6.07) is 22.6. The first-order chi connectivity index (χ1) is 22.0. The molecule has 0 aliphatic heterocycles. The largest absolute Gasteiger partial charge is 0.496 e. The fraction of sp³-hybridized carbons (Fsp3) is 0.194. The van der Waals surface area contributed by atoms with Crippen LogP contribution in [-0.4, -0.2) is 40.0 Å². The number of hydrogen-bond acceptors (Lipinski definition) is 9. The number of rotatable bonds is 14. The molecule has 0 atom stereocenters. The van der Waals surface area contributed by atoms with Crippen LogP contribution in [0.5, 0.6) is 11.5 Å². The van der Waals surface area contributed by atoms with Gasteiger partial charge in [-0.15, -0.1) is 9.46 Å². The number of halogens is 3. The molecule has 10 nitrogen and oxygen atoms in total. The van der Waals surface area contributed by atoms with Gasteiger partial charge in [-0.1, -0.05) is 66.2 Å². The summed E-state index contributed by atoms with van der Waals surface area (Å²) in [5, 5.41) is -0.0309. The average Bonchev–Trinajstić information content (AvgIpc) is 3.08. The highest BCUT2D eigenvalue weighted by Gasteiger charge is 2.31. The lowest BCUT2D eigenvalue weighted by atomic mass is 10.0. The molecule has 0 saturated heterocycles. The SMILES string of the molecule is COC(=O)c1cc(-c2ccc(CN(Cc3ccc(CP(=O)(OF)OF)c(Cl)c3)S(=O)(=O)c3ccccc3OC)cc2)ccc1OC. The molecular weight excluding hydrogens is 667 g/mol.